The van der Waals surface area contributed by atoms with Crippen molar-refractivity contribution in [3.05, 3.63) is 72.9 Å². The van der Waals surface area contributed by atoms with Crippen LogP contribution in [-0.2, 0) is 16.1 Å². The molecule has 0 bridgehead atoms. The Bertz CT molecular complexity index is 1230. The van der Waals surface area contributed by atoms with Crippen LogP contribution in [0.2, 0.25) is 0 Å². The van der Waals surface area contributed by atoms with Crippen molar-refractivity contribution in [2.75, 3.05) is 42.9 Å². The predicted molar refractivity (Wildman–Crippen MR) is 133 cm³/mol. The van der Waals surface area contributed by atoms with Crippen molar-refractivity contribution in [1.82, 2.24) is 14.9 Å². The minimum Gasteiger partial charge on any atom is -0.491 e. The Labute approximate surface area is 203 Å². The number of hydrogen-bond acceptors (Lipinski definition) is 7. The second-order valence-electron chi connectivity index (χ2n) is 7.75. The number of carbonyl (C=O) groups excluding carboxylic acids is 2. The molecule has 0 saturated heterocycles. The van der Waals surface area contributed by atoms with Gasteiger partial charge in [0.2, 0.25) is 11.9 Å². The van der Waals surface area contributed by atoms with Crippen LogP contribution in [0.5, 0.6) is 5.75 Å². The van der Waals surface area contributed by atoms with Crippen molar-refractivity contribution in [2.45, 2.75) is 6.54 Å². The van der Waals surface area contributed by atoms with Crippen LogP contribution in [-0.4, -0.2) is 54.2 Å². The summed E-state index contributed by atoms with van der Waals surface area (Å²) in [4.78, 5) is 37.0. The molecule has 0 spiro atoms. The summed E-state index contributed by atoms with van der Waals surface area (Å²) in [7, 11) is 3.34. The maximum atomic E-state index is 13.1. The van der Waals surface area contributed by atoms with E-state index < -0.39 is 0 Å². The van der Waals surface area contributed by atoms with Gasteiger partial charge in [0.15, 0.2) is 5.82 Å². The molecule has 0 radical (unpaired) electrons. The van der Waals surface area contributed by atoms with Crippen LogP contribution in [0.4, 0.5) is 33.6 Å². The molecule has 0 atom stereocenters. The SMILES string of the molecule is C=CC(=O)Nc1cccc(N2C(=O)N(C)Cc3cnc(Nc4ccc(OCCOC)cc4)nc32)c1. The smallest absolute Gasteiger partial charge is 0.330 e. The quantitative estimate of drug-likeness (QED) is 0.355. The molecular formula is C25H26N6O4. The summed E-state index contributed by atoms with van der Waals surface area (Å²) in [6.07, 6.45) is 2.89. The van der Waals surface area contributed by atoms with Crippen LogP contribution in [0.25, 0.3) is 0 Å². The highest BCUT2D eigenvalue weighted by molar-refractivity contribution is 6.02. The number of aromatic nitrogens is 2. The van der Waals surface area contributed by atoms with Gasteiger partial charge < -0.3 is 25.0 Å². The van der Waals surface area contributed by atoms with Gasteiger partial charge in [-0.1, -0.05) is 12.6 Å². The molecule has 0 aliphatic carbocycles. The highest BCUT2D eigenvalue weighted by atomic mass is 16.5. The maximum Gasteiger partial charge on any atom is 0.330 e. The zero-order valence-electron chi connectivity index (χ0n) is 19.5. The average Bonchev–Trinajstić information content (AvgIpc) is 2.86. The third kappa shape index (κ3) is 5.56. The van der Waals surface area contributed by atoms with Gasteiger partial charge in [-0.05, 0) is 48.5 Å². The highest BCUT2D eigenvalue weighted by Crippen LogP contribution is 2.34. The Balaban J connectivity index is 1.60. The first kappa shape index (κ1) is 23.7. The van der Waals surface area contributed by atoms with Crippen LogP contribution in [0.1, 0.15) is 5.56 Å². The summed E-state index contributed by atoms with van der Waals surface area (Å²) in [6, 6.07) is 14.1. The van der Waals surface area contributed by atoms with E-state index in [1.54, 1.807) is 49.5 Å². The molecule has 0 fully saturated rings. The lowest BCUT2D eigenvalue weighted by Gasteiger charge is -2.34. The number of anilines is 5. The Kier molecular flexibility index (Phi) is 7.22. The number of amides is 3. The number of carbonyl (C=O) groups is 2. The molecule has 180 valence electrons. The van der Waals surface area contributed by atoms with E-state index in [9.17, 15) is 9.59 Å². The van der Waals surface area contributed by atoms with Crippen molar-refractivity contribution < 1.29 is 19.1 Å². The third-order valence-electron chi connectivity index (χ3n) is 5.20. The molecule has 10 nitrogen and oxygen atoms in total. The fourth-order valence-electron chi connectivity index (χ4n) is 3.50. The topological polar surface area (TPSA) is 109 Å². The Hall–Kier alpha value is -4.44. The Morgan fingerprint density at radius 3 is 2.71 bits per heavy atom. The highest BCUT2D eigenvalue weighted by Gasteiger charge is 2.31. The molecule has 1 aromatic heterocycles. The average molecular weight is 475 g/mol. The molecule has 2 aromatic carbocycles. The fourth-order valence-corrected chi connectivity index (χ4v) is 3.50. The summed E-state index contributed by atoms with van der Waals surface area (Å²) in [5.74, 6) is 1.20. The monoisotopic (exact) mass is 474 g/mol. The molecule has 0 saturated carbocycles. The van der Waals surface area contributed by atoms with Gasteiger partial charge in [-0.2, -0.15) is 4.98 Å². The van der Waals surface area contributed by atoms with Gasteiger partial charge in [0.25, 0.3) is 0 Å². The lowest BCUT2D eigenvalue weighted by molar-refractivity contribution is -0.111. The summed E-state index contributed by atoms with van der Waals surface area (Å²) in [5.41, 5.74) is 2.66. The summed E-state index contributed by atoms with van der Waals surface area (Å²) < 4.78 is 10.6. The summed E-state index contributed by atoms with van der Waals surface area (Å²) >= 11 is 0. The lowest BCUT2D eigenvalue weighted by Crippen LogP contribution is -2.43. The fraction of sp³-hybridized carbons (Fsp3) is 0.200. The first-order chi connectivity index (χ1) is 17.0. The van der Waals surface area contributed by atoms with Gasteiger partial charge in [0.05, 0.1) is 18.8 Å². The van der Waals surface area contributed by atoms with Gasteiger partial charge in [-0.3, -0.25) is 4.79 Å². The number of methoxy groups -OCH3 is 1. The van der Waals surface area contributed by atoms with E-state index in [2.05, 4.69) is 27.2 Å². The number of urea groups is 1. The van der Waals surface area contributed by atoms with E-state index >= 15 is 0 Å². The van der Waals surface area contributed by atoms with Gasteiger partial charge in [-0.25, -0.2) is 14.7 Å². The van der Waals surface area contributed by atoms with Crippen LogP contribution >= 0.6 is 0 Å². The summed E-state index contributed by atoms with van der Waals surface area (Å²) in [5, 5.41) is 5.88. The minimum absolute atomic E-state index is 0.244. The van der Waals surface area contributed by atoms with Crippen LogP contribution in [0.15, 0.2) is 67.4 Å². The molecule has 4 rings (SSSR count). The zero-order chi connectivity index (χ0) is 24.8. The van der Waals surface area contributed by atoms with Crippen LogP contribution in [0.3, 0.4) is 0 Å². The molecule has 10 heteroatoms. The molecule has 1 aliphatic heterocycles. The van der Waals surface area contributed by atoms with Gasteiger partial charge in [-0.15, -0.1) is 0 Å². The second-order valence-corrected chi connectivity index (χ2v) is 7.75. The van der Waals surface area contributed by atoms with Crippen LogP contribution in [0, 0.1) is 0 Å². The van der Waals surface area contributed by atoms with Crippen molar-refractivity contribution in [3.63, 3.8) is 0 Å². The lowest BCUT2D eigenvalue weighted by atomic mass is 10.2. The number of nitrogens with zero attached hydrogens (tertiary/aromatic N) is 4. The van der Waals surface area contributed by atoms with E-state index in [-0.39, 0.29) is 11.9 Å². The largest absolute Gasteiger partial charge is 0.491 e. The van der Waals surface area contributed by atoms with Crippen molar-refractivity contribution in [2.24, 2.45) is 0 Å². The maximum absolute atomic E-state index is 13.1. The first-order valence-corrected chi connectivity index (χ1v) is 10.9. The molecule has 1 aliphatic rings. The third-order valence-corrected chi connectivity index (χ3v) is 5.20. The van der Waals surface area contributed by atoms with Gasteiger partial charge in [0.1, 0.15) is 12.4 Å². The second kappa shape index (κ2) is 10.7. The molecular weight excluding hydrogens is 448 g/mol. The Morgan fingerprint density at radius 1 is 1.17 bits per heavy atom. The van der Waals surface area contributed by atoms with Crippen molar-refractivity contribution >= 4 is 40.8 Å². The van der Waals surface area contributed by atoms with Crippen LogP contribution < -0.4 is 20.3 Å². The van der Waals surface area contributed by atoms with E-state index in [0.717, 1.165) is 17.0 Å². The number of benzene rings is 2. The van der Waals surface area contributed by atoms with E-state index in [4.69, 9.17) is 9.47 Å². The summed E-state index contributed by atoms with van der Waals surface area (Å²) in [6.45, 7) is 4.82. The van der Waals surface area contributed by atoms with E-state index in [0.29, 0.717) is 42.9 Å². The van der Waals surface area contributed by atoms with Crippen molar-refractivity contribution in [3.8, 4) is 5.75 Å². The number of hydrogen-bond donors (Lipinski definition) is 2. The van der Waals surface area contributed by atoms with Gasteiger partial charge in [0, 0.05) is 37.3 Å². The van der Waals surface area contributed by atoms with Gasteiger partial charge >= 0.3 is 6.03 Å². The number of rotatable bonds is 9. The number of nitrogens with one attached hydrogen (secondary N) is 2. The van der Waals surface area contributed by atoms with Crippen molar-refractivity contribution in [1.29, 1.82) is 0 Å². The molecule has 35 heavy (non-hydrogen) atoms. The number of ether oxygens (including phenoxy) is 2. The normalized spacial score (nSPS) is 12.7. The molecule has 2 heterocycles. The van der Waals surface area contributed by atoms with E-state index in [1.165, 1.54) is 11.0 Å². The predicted octanol–water partition coefficient (Wildman–Crippen LogP) is 4.07. The first-order valence-electron chi connectivity index (χ1n) is 10.9. The zero-order valence-corrected chi connectivity index (χ0v) is 19.5. The Morgan fingerprint density at radius 2 is 1.97 bits per heavy atom. The van der Waals surface area contributed by atoms with E-state index in [1.807, 2.05) is 24.3 Å². The molecule has 2 N–H and O–H groups in total. The minimum atomic E-state index is -0.339. The molecule has 0 unspecified atom stereocenters. The number of fused-ring (bicyclic) bond motifs is 1. The standard InChI is InChI=1S/C25H26N6O4/c1-4-22(32)27-19-6-5-7-20(14-19)31-23-17(16-30(2)25(31)33)15-26-24(29-23)28-18-8-10-21(11-9-18)35-13-12-34-3/h4-11,14-15H,1,12-13,16H2,2-3H3,(H,27,32)(H,26,28,29). The molecule has 3 amide bonds. The molecule has 3 aromatic rings.